The predicted molar refractivity (Wildman–Crippen MR) is 93.6 cm³/mol. The Kier molecular flexibility index (Phi) is 5.73. The van der Waals surface area contributed by atoms with Crippen LogP contribution in [0.4, 0.5) is 0 Å². The summed E-state index contributed by atoms with van der Waals surface area (Å²) >= 11 is 0. The van der Waals surface area contributed by atoms with Crippen molar-refractivity contribution in [1.29, 1.82) is 0 Å². The summed E-state index contributed by atoms with van der Waals surface area (Å²) in [7, 11) is 0. The number of hydrogen-bond acceptors (Lipinski definition) is 3. The van der Waals surface area contributed by atoms with Gasteiger partial charge in [0.25, 0.3) is 0 Å². The van der Waals surface area contributed by atoms with Crippen LogP contribution in [0.25, 0.3) is 0 Å². The minimum Gasteiger partial charge on any atom is -0.391 e. The molecular formula is C20H31NO2. The van der Waals surface area contributed by atoms with Gasteiger partial charge in [-0.1, -0.05) is 37.3 Å². The van der Waals surface area contributed by atoms with Crippen LogP contribution in [-0.2, 0) is 4.74 Å². The highest BCUT2D eigenvalue weighted by Crippen LogP contribution is 2.44. The van der Waals surface area contributed by atoms with Crippen molar-refractivity contribution in [1.82, 2.24) is 5.32 Å². The second-order valence-electron chi connectivity index (χ2n) is 7.56. The van der Waals surface area contributed by atoms with Crippen molar-refractivity contribution in [3.63, 3.8) is 0 Å². The molecule has 2 aliphatic rings. The van der Waals surface area contributed by atoms with Gasteiger partial charge in [-0.3, -0.25) is 0 Å². The van der Waals surface area contributed by atoms with Crippen LogP contribution in [0.5, 0.6) is 0 Å². The molecule has 0 amide bonds. The van der Waals surface area contributed by atoms with Gasteiger partial charge in [-0.15, -0.1) is 0 Å². The van der Waals surface area contributed by atoms with Crippen molar-refractivity contribution in [2.45, 2.75) is 63.5 Å². The molecule has 3 rings (SSSR count). The summed E-state index contributed by atoms with van der Waals surface area (Å²) in [5.41, 5.74) is 1.78. The predicted octanol–water partition coefficient (Wildman–Crippen LogP) is 3.48. The highest BCUT2D eigenvalue weighted by Gasteiger charge is 2.36. The molecule has 128 valence electrons. The van der Waals surface area contributed by atoms with Gasteiger partial charge < -0.3 is 15.2 Å². The van der Waals surface area contributed by atoms with Gasteiger partial charge in [0.2, 0.25) is 0 Å². The Morgan fingerprint density at radius 3 is 2.43 bits per heavy atom. The normalized spacial score (nSPS) is 24.4. The lowest BCUT2D eigenvalue weighted by atomic mass is 9.68. The molecule has 1 aromatic carbocycles. The third kappa shape index (κ3) is 4.34. The number of rotatable bonds is 5. The first-order valence-electron chi connectivity index (χ1n) is 9.23. The quantitative estimate of drug-likeness (QED) is 0.873. The first-order chi connectivity index (χ1) is 11.2. The molecule has 0 radical (unpaired) electrons. The smallest absolute Gasteiger partial charge is 0.0730 e. The van der Waals surface area contributed by atoms with E-state index >= 15 is 0 Å². The van der Waals surface area contributed by atoms with Crippen LogP contribution in [0.2, 0.25) is 0 Å². The van der Waals surface area contributed by atoms with E-state index in [0.717, 1.165) is 13.2 Å². The Hall–Kier alpha value is -0.900. The molecular weight excluding hydrogens is 286 g/mol. The molecule has 0 bridgehead atoms. The highest BCUT2D eigenvalue weighted by atomic mass is 16.5. The maximum absolute atomic E-state index is 10.5. The first-order valence-corrected chi connectivity index (χ1v) is 9.23. The van der Waals surface area contributed by atoms with Crippen molar-refractivity contribution in [2.24, 2.45) is 5.41 Å². The highest BCUT2D eigenvalue weighted by molar-refractivity contribution is 5.19. The van der Waals surface area contributed by atoms with Crippen molar-refractivity contribution in [3.8, 4) is 0 Å². The Morgan fingerprint density at radius 1 is 1.13 bits per heavy atom. The van der Waals surface area contributed by atoms with Crippen LogP contribution in [0.1, 0.15) is 56.9 Å². The van der Waals surface area contributed by atoms with Crippen molar-refractivity contribution >= 4 is 0 Å². The van der Waals surface area contributed by atoms with Gasteiger partial charge in [0.05, 0.1) is 6.10 Å². The van der Waals surface area contributed by atoms with Crippen LogP contribution < -0.4 is 5.32 Å². The van der Waals surface area contributed by atoms with E-state index in [9.17, 15) is 5.11 Å². The van der Waals surface area contributed by atoms with Crippen LogP contribution in [0.3, 0.4) is 0 Å². The zero-order valence-corrected chi connectivity index (χ0v) is 14.3. The van der Waals surface area contributed by atoms with Gasteiger partial charge in [-0.2, -0.15) is 0 Å². The fourth-order valence-electron chi connectivity index (χ4n) is 4.18. The standard InChI is InChI=1S/C20H31NO2/c1-16(17-5-3-2-4-6-17)19(22)15-21-18-7-9-20(10-8-18)11-13-23-14-12-20/h2-6,16,18-19,21-22H,7-15H2,1H3. The maximum atomic E-state index is 10.5. The van der Waals surface area contributed by atoms with Crippen molar-refractivity contribution in [3.05, 3.63) is 35.9 Å². The summed E-state index contributed by atoms with van der Waals surface area (Å²) in [6.45, 7) is 4.70. The van der Waals surface area contributed by atoms with E-state index in [4.69, 9.17) is 4.74 Å². The van der Waals surface area contributed by atoms with Crippen molar-refractivity contribution in [2.75, 3.05) is 19.8 Å². The SMILES string of the molecule is CC(c1ccccc1)C(O)CNC1CCC2(CCOCC2)CC1. The Balaban J connectivity index is 1.42. The Morgan fingerprint density at radius 2 is 1.78 bits per heavy atom. The molecule has 3 heteroatoms. The monoisotopic (exact) mass is 317 g/mol. The molecule has 0 aromatic heterocycles. The summed E-state index contributed by atoms with van der Waals surface area (Å²) in [5, 5.41) is 14.1. The molecule has 1 aromatic rings. The van der Waals surface area contributed by atoms with Gasteiger partial charge in [0.1, 0.15) is 0 Å². The molecule has 2 N–H and O–H groups in total. The average Bonchev–Trinajstić information content (AvgIpc) is 2.62. The number of aliphatic hydroxyl groups excluding tert-OH is 1. The van der Waals surface area contributed by atoms with Crippen LogP contribution in [0, 0.1) is 5.41 Å². The van der Waals surface area contributed by atoms with E-state index in [1.54, 1.807) is 0 Å². The number of hydrogen-bond donors (Lipinski definition) is 2. The van der Waals surface area contributed by atoms with Gasteiger partial charge in [0.15, 0.2) is 0 Å². The summed E-state index contributed by atoms with van der Waals surface area (Å²) in [6, 6.07) is 10.9. The molecule has 1 saturated heterocycles. The van der Waals surface area contributed by atoms with Gasteiger partial charge in [-0.05, 0) is 49.5 Å². The van der Waals surface area contributed by atoms with Gasteiger partial charge in [0, 0.05) is 31.7 Å². The summed E-state index contributed by atoms with van der Waals surface area (Å²) in [6.07, 6.45) is 7.28. The number of ether oxygens (including phenoxy) is 1. The van der Waals surface area contributed by atoms with E-state index in [1.807, 2.05) is 18.2 Å². The molecule has 2 fully saturated rings. The molecule has 1 heterocycles. The third-order valence-electron chi connectivity index (χ3n) is 6.12. The first kappa shape index (κ1) is 16.9. The fraction of sp³-hybridized carbons (Fsp3) is 0.700. The maximum Gasteiger partial charge on any atom is 0.0730 e. The summed E-state index contributed by atoms with van der Waals surface area (Å²) in [5.74, 6) is 0.175. The molecule has 3 nitrogen and oxygen atoms in total. The molecule has 1 spiro atoms. The second kappa shape index (κ2) is 7.78. The number of nitrogens with one attached hydrogen (secondary N) is 1. The van der Waals surface area contributed by atoms with E-state index in [0.29, 0.717) is 18.0 Å². The van der Waals surface area contributed by atoms with E-state index in [-0.39, 0.29) is 12.0 Å². The fourth-order valence-corrected chi connectivity index (χ4v) is 4.18. The van der Waals surface area contributed by atoms with Gasteiger partial charge in [-0.25, -0.2) is 0 Å². The van der Waals surface area contributed by atoms with E-state index < -0.39 is 0 Å². The number of benzene rings is 1. The molecule has 1 aliphatic carbocycles. The minimum atomic E-state index is -0.323. The van der Waals surface area contributed by atoms with E-state index in [1.165, 1.54) is 44.1 Å². The van der Waals surface area contributed by atoms with Crippen molar-refractivity contribution < 1.29 is 9.84 Å². The topological polar surface area (TPSA) is 41.5 Å². The average molecular weight is 317 g/mol. The lowest BCUT2D eigenvalue weighted by molar-refractivity contribution is -0.00990. The zero-order valence-electron chi connectivity index (χ0n) is 14.3. The number of aliphatic hydroxyl groups is 1. The molecule has 2 atom stereocenters. The lowest BCUT2D eigenvalue weighted by Gasteiger charge is -2.43. The molecule has 23 heavy (non-hydrogen) atoms. The van der Waals surface area contributed by atoms with E-state index in [2.05, 4.69) is 24.4 Å². The van der Waals surface area contributed by atoms with Crippen LogP contribution >= 0.6 is 0 Å². The molecule has 1 saturated carbocycles. The van der Waals surface area contributed by atoms with Crippen LogP contribution in [0.15, 0.2) is 30.3 Å². The molecule has 1 aliphatic heterocycles. The third-order valence-corrected chi connectivity index (χ3v) is 6.12. The molecule has 2 unspecified atom stereocenters. The summed E-state index contributed by atoms with van der Waals surface area (Å²) in [4.78, 5) is 0. The zero-order chi connectivity index (χ0) is 16.1. The minimum absolute atomic E-state index is 0.175. The van der Waals surface area contributed by atoms with Gasteiger partial charge >= 0.3 is 0 Å². The van der Waals surface area contributed by atoms with Crippen LogP contribution in [-0.4, -0.2) is 37.0 Å². The largest absolute Gasteiger partial charge is 0.391 e. The summed E-state index contributed by atoms with van der Waals surface area (Å²) < 4.78 is 5.52. The Labute approximate surface area is 140 Å². The Bertz CT molecular complexity index is 460. The second-order valence-corrected chi connectivity index (χ2v) is 7.56. The lowest BCUT2D eigenvalue weighted by Crippen LogP contribution is -2.43.